The van der Waals surface area contributed by atoms with Gasteiger partial charge in [0.15, 0.2) is 0 Å². The molecular weight excluding hydrogens is 264 g/mol. The highest BCUT2D eigenvalue weighted by molar-refractivity contribution is 5.36. The Bertz CT molecular complexity index is 455. The lowest BCUT2D eigenvalue weighted by atomic mass is 9.76. The van der Waals surface area contributed by atoms with Crippen molar-refractivity contribution in [3.63, 3.8) is 0 Å². The molecule has 5 heteroatoms. The molecule has 1 aliphatic carbocycles. The van der Waals surface area contributed by atoms with E-state index in [0.717, 1.165) is 19.3 Å². The lowest BCUT2D eigenvalue weighted by Crippen LogP contribution is -2.34. The van der Waals surface area contributed by atoms with E-state index in [4.69, 9.17) is 5.73 Å². The molecule has 0 radical (unpaired) electrons. The Balaban J connectivity index is 2.30. The highest BCUT2D eigenvalue weighted by atomic mass is 19.3. The van der Waals surface area contributed by atoms with E-state index in [2.05, 4.69) is 11.7 Å². The fourth-order valence-corrected chi connectivity index (χ4v) is 3.22. The number of hydrogen-bond donors (Lipinski definition) is 2. The van der Waals surface area contributed by atoms with E-state index < -0.39 is 18.1 Å². The Morgan fingerprint density at radius 2 is 2.15 bits per heavy atom. The molecule has 1 saturated carbocycles. The molecule has 20 heavy (non-hydrogen) atoms. The summed E-state index contributed by atoms with van der Waals surface area (Å²) in [4.78, 5) is 0. The number of para-hydroxylation sites is 1. The first-order valence-corrected chi connectivity index (χ1v) is 6.90. The van der Waals surface area contributed by atoms with Gasteiger partial charge in [-0.15, -0.1) is 0 Å². The summed E-state index contributed by atoms with van der Waals surface area (Å²) < 4.78 is 29.4. The molecule has 1 aromatic carbocycles. The predicted octanol–water partition coefficient (Wildman–Crippen LogP) is 3.09. The van der Waals surface area contributed by atoms with Crippen molar-refractivity contribution in [2.75, 3.05) is 6.54 Å². The summed E-state index contributed by atoms with van der Waals surface area (Å²) in [5.74, 6) is 0.513. The third-order valence-electron chi connectivity index (χ3n) is 4.31. The van der Waals surface area contributed by atoms with Crippen LogP contribution in [0.15, 0.2) is 24.3 Å². The summed E-state index contributed by atoms with van der Waals surface area (Å²) in [7, 11) is 0. The number of halogens is 2. The van der Waals surface area contributed by atoms with Gasteiger partial charge in [0.2, 0.25) is 0 Å². The van der Waals surface area contributed by atoms with Crippen molar-refractivity contribution in [1.82, 2.24) is 0 Å². The molecule has 0 bridgehead atoms. The van der Waals surface area contributed by atoms with Crippen LogP contribution in [0, 0.1) is 11.3 Å². The first-order valence-electron chi connectivity index (χ1n) is 6.90. The Labute approximate surface area is 117 Å². The molecule has 0 aliphatic heterocycles. The molecule has 0 saturated heterocycles. The molecule has 3 N–H and O–H groups in total. The third kappa shape index (κ3) is 2.94. The zero-order valence-electron chi connectivity index (χ0n) is 11.6. The molecule has 3 atom stereocenters. The molecule has 3 nitrogen and oxygen atoms in total. The van der Waals surface area contributed by atoms with Crippen LogP contribution in [0.2, 0.25) is 0 Å². The van der Waals surface area contributed by atoms with E-state index in [0.29, 0.717) is 18.0 Å². The molecular formula is C15H21F2NO2. The van der Waals surface area contributed by atoms with E-state index in [9.17, 15) is 13.9 Å². The molecule has 112 valence electrons. The van der Waals surface area contributed by atoms with Gasteiger partial charge in [0.25, 0.3) is 0 Å². The van der Waals surface area contributed by atoms with Crippen molar-refractivity contribution < 1.29 is 18.6 Å². The van der Waals surface area contributed by atoms with Gasteiger partial charge in [-0.25, -0.2) is 0 Å². The number of rotatable bonds is 5. The van der Waals surface area contributed by atoms with Crippen molar-refractivity contribution in [2.45, 2.75) is 38.9 Å². The zero-order chi connectivity index (χ0) is 14.8. The van der Waals surface area contributed by atoms with Crippen molar-refractivity contribution in [1.29, 1.82) is 0 Å². The maximum atomic E-state index is 12.5. The van der Waals surface area contributed by atoms with Gasteiger partial charge in [0.05, 0.1) is 6.10 Å². The molecule has 1 aromatic rings. The minimum Gasteiger partial charge on any atom is -0.434 e. The summed E-state index contributed by atoms with van der Waals surface area (Å²) in [6, 6.07) is 6.40. The van der Waals surface area contributed by atoms with Crippen LogP contribution in [-0.2, 0) is 0 Å². The van der Waals surface area contributed by atoms with Crippen LogP contribution >= 0.6 is 0 Å². The fourth-order valence-electron chi connectivity index (χ4n) is 3.22. The topological polar surface area (TPSA) is 55.5 Å². The molecule has 0 amide bonds. The van der Waals surface area contributed by atoms with Gasteiger partial charge in [0, 0.05) is 17.5 Å². The van der Waals surface area contributed by atoms with E-state index >= 15 is 0 Å². The monoisotopic (exact) mass is 285 g/mol. The van der Waals surface area contributed by atoms with Crippen molar-refractivity contribution in [2.24, 2.45) is 17.1 Å². The smallest absolute Gasteiger partial charge is 0.387 e. The lowest BCUT2D eigenvalue weighted by Gasteiger charge is -2.34. The number of benzene rings is 1. The Morgan fingerprint density at radius 3 is 2.70 bits per heavy atom. The summed E-state index contributed by atoms with van der Waals surface area (Å²) in [6.45, 7) is -0.451. The maximum Gasteiger partial charge on any atom is 0.387 e. The van der Waals surface area contributed by atoms with Crippen LogP contribution in [-0.4, -0.2) is 18.3 Å². The van der Waals surface area contributed by atoms with Gasteiger partial charge in [-0.2, -0.15) is 8.78 Å². The van der Waals surface area contributed by atoms with E-state index in [1.54, 1.807) is 18.2 Å². The van der Waals surface area contributed by atoms with Crippen LogP contribution in [0.1, 0.15) is 37.9 Å². The normalized spacial score (nSPS) is 27.8. The first-order chi connectivity index (χ1) is 9.48. The molecule has 2 rings (SSSR count). The summed E-state index contributed by atoms with van der Waals surface area (Å²) >= 11 is 0. The number of aliphatic hydroxyl groups is 1. The Kier molecular flexibility index (Phi) is 4.60. The average Bonchev–Trinajstić information content (AvgIpc) is 2.81. The number of alkyl halides is 2. The molecule has 0 aromatic heterocycles. The second kappa shape index (κ2) is 6.06. The van der Waals surface area contributed by atoms with Gasteiger partial charge in [0.1, 0.15) is 5.75 Å². The average molecular weight is 285 g/mol. The van der Waals surface area contributed by atoms with Crippen LogP contribution in [0.3, 0.4) is 0 Å². The zero-order valence-corrected chi connectivity index (χ0v) is 11.6. The number of nitrogens with two attached hydrogens (primary N) is 1. The van der Waals surface area contributed by atoms with Crippen LogP contribution < -0.4 is 10.5 Å². The molecule has 3 unspecified atom stereocenters. The molecule has 0 heterocycles. The van der Waals surface area contributed by atoms with E-state index in [1.165, 1.54) is 6.07 Å². The van der Waals surface area contributed by atoms with E-state index in [-0.39, 0.29) is 5.75 Å². The standard InChI is InChI=1S/C15H21F2NO2/c1-10-6-7-15(8-10,9-18)13(19)11-4-2-3-5-12(11)20-14(16)17/h2-5,10,13-14,19H,6-9,18H2,1H3. The van der Waals surface area contributed by atoms with Crippen molar-refractivity contribution in [3.8, 4) is 5.75 Å². The molecule has 1 aliphatic rings. The summed E-state index contributed by atoms with van der Waals surface area (Å²) in [5, 5.41) is 10.7. The van der Waals surface area contributed by atoms with Crippen molar-refractivity contribution in [3.05, 3.63) is 29.8 Å². The first kappa shape index (κ1) is 15.2. The summed E-state index contributed by atoms with van der Waals surface area (Å²) in [5.41, 5.74) is 5.82. The van der Waals surface area contributed by atoms with Crippen molar-refractivity contribution >= 4 is 0 Å². The van der Waals surface area contributed by atoms with Crippen LogP contribution in [0.5, 0.6) is 5.75 Å². The van der Waals surface area contributed by atoms with Crippen LogP contribution in [0.25, 0.3) is 0 Å². The fraction of sp³-hybridized carbons (Fsp3) is 0.600. The number of hydrogen-bond acceptors (Lipinski definition) is 3. The minimum absolute atomic E-state index is 0.0300. The quantitative estimate of drug-likeness (QED) is 0.874. The lowest BCUT2D eigenvalue weighted by molar-refractivity contribution is -0.0539. The maximum absolute atomic E-state index is 12.5. The number of aliphatic hydroxyl groups excluding tert-OH is 1. The largest absolute Gasteiger partial charge is 0.434 e. The van der Waals surface area contributed by atoms with Gasteiger partial charge in [-0.3, -0.25) is 0 Å². The van der Waals surface area contributed by atoms with E-state index in [1.807, 2.05) is 0 Å². The minimum atomic E-state index is -2.90. The second-order valence-electron chi connectivity index (χ2n) is 5.73. The van der Waals surface area contributed by atoms with Gasteiger partial charge in [-0.1, -0.05) is 31.5 Å². The van der Waals surface area contributed by atoms with Gasteiger partial charge >= 0.3 is 6.61 Å². The van der Waals surface area contributed by atoms with Crippen LogP contribution in [0.4, 0.5) is 8.78 Å². The summed E-state index contributed by atoms with van der Waals surface area (Å²) in [6.07, 6.45) is 1.71. The Hall–Kier alpha value is -1.20. The molecule has 0 spiro atoms. The van der Waals surface area contributed by atoms with Gasteiger partial charge in [-0.05, 0) is 24.8 Å². The van der Waals surface area contributed by atoms with Gasteiger partial charge < -0.3 is 15.6 Å². The predicted molar refractivity (Wildman–Crippen MR) is 72.5 cm³/mol. The Morgan fingerprint density at radius 1 is 1.45 bits per heavy atom. The highest BCUT2D eigenvalue weighted by Gasteiger charge is 2.43. The molecule has 1 fully saturated rings. The SMILES string of the molecule is CC1CCC(CN)(C(O)c2ccccc2OC(F)F)C1. The highest BCUT2D eigenvalue weighted by Crippen LogP contribution is 2.50. The second-order valence-corrected chi connectivity index (χ2v) is 5.73. The third-order valence-corrected chi connectivity index (χ3v) is 4.31. The number of ether oxygens (including phenoxy) is 1.